The van der Waals surface area contributed by atoms with Gasteiger partial charge in [-0.15, -0.1) is 0 Å². The highest BCUT2D eigenvalue weighted by Crippen LogP contribution is 2.67. The zero-order valence-electron chi connectivity index (χ0n) is 17.9. The first kappa shape index (κ1) is 22.3. The van der Waals surface area contributed by atoms with Crippen LogP contribution in [0.4, 0.5) is 0 Å². The highest BCUT2D eigenvalue weighted by atomic mass is 79.9. The van der Waals surface area contributed by atoms with Crippen LogP contribution in [0.1, 0.15) is 69.4 Å². The van der Waals surface area contributed by atoms with Crippen molar-refractivity contribution in [1.29, 1.82) is 0 Å². The number of halogens is 2. The Kier molecular flexibility index (Phi) is 6.13. The van der Waals surface area contributed by atoms with Gasteiger partial charge in [0.15, 0.2) is 5.60 Å². The van der Waals surface area contributed by atoms with Gasteiger partial charge in [0.05, 0.1) is 7.11 Å². The van der Waals surface area contributed by atoms with Gasteiger partial charge in [-0.25, -0.2) is 0 Å². The molecule has 0 N–H and O–H groups in total. The Morgan fingerprint density at radius 1 is 1.20 bits per heavy atom. The molecule has 4 rings (SSSR count). The SMILES string of the molecule is CC[C@]12CC[C@@H]3c4ccc(OC)cc4CC[C@H]3[C@@H]1CC[C@@]2(OC(C)=O)C(=O)C(Br)Br. The Morgan fingerprint density at radius 3 is 2.60 bits per heavy atom. The van der Waals surface area contributed by atoms with Crippen molar-refractivity contribution < 1.29 is 19.1 Å². The van der Waals surface area contributed by atoms with E-state index in [-0.39, 0.29) is 17.2 Å². The maximum absolute atomic E-state index is 13.5. The van der Waals surface area contributed by atoms with Gasteiger partial charge in [-0.2, -0.15) is 0 Å². The summed E-state index contributed by atoms with van der Waals surface area (Å²) >= 11 is 6.83. The molecule has 0 bridgehead atoms. The molecule has 0 spiro atoms. The molecule has 3 aliphatic rings. The summed E-state index contributed by atoms with van der Waals surface area (Å²) < 4.78 is 10.9. The van der Waals surface area contributed by atoms with Gasteiger partial charge in [-0.05, 0) is 86.0 Å². The van der Waals surface area contributed by atoms with Crippen LogP contribution in [-0.4, -0.2) is 28.2 Å². The summed E-state index contributed by atoms with van der Waals surface area (Å²) in [5.74, 6) is 1.94. The van der Waals surface area contributed by atoms with Crippen LogP contribution in [0, 0.1) is 17.3 Å². The molecule has 4 nitrogen and oxygen atoms in total. The molecule has 0 heterocycles. The lowest BCUT2D eigenvalue weighted by Crippen LogP contribution is -2.59. The van der Waals surface area contributed by atoms with E-state index < -0.39 is 9.34 Å². The van der Waals surface area contributed by atoms with Gasteiger partial charge < -0.3 is 9.47 Å². The molecule has 164 valence electrons. The molecule has 1 aromatic rings. The van der Waals surface area contributed by atoms with Crippen LogP contribution in [0.25, 0.3) is 0 Å². The normalized spacial score (nSPS) is 34.7. The third-order valence-corrected chi connectivity index (χ3v) is 9.13. The van der Waals surface area contributed by atoms with Gasteiger partial charge in [0.2, 0.25) is 5.78 Å². The van der Waals surface area contributed by atoms with Crippen LogP contribution in [-0.2, 0) is 20.7 Å². The van der Waals surface area contributed by atoms with Gasteiger partial charge in [0.1, 0.15) is 9.49 Å². The fourth-order valence-electron chi connectivity index (χ4n) is 7.22. The van der Waals surface area contributed by atoms with E-state index in [9.17, 15) is 9.59 Å². The lowest BCUT2D eigenvalue weighted by molar-refractivity contribution is -0.186. The van der Waals surface area contributed by atoms with E-state index in [0.29, 0.717) is 24.2 Å². The fourth-order valence-corrected chi connectivity index (χ4v) is 7.96. The molecule has 3 aliphatic carbocycles. The molecule has 0 saturated heterocycles. The summed E-state index contributed by atoms with van der Waals surface area (Å²) in [7, 11) is 1.72. The number of carbonyl (C=O) groups is 2. The summed E-state index contributed by atoms with van der Waals surface area (Å²) in [4.78, 5) is 25.6. The molecule has 0 unspecified atom stereocenters. The number of carbonyl (C=O) groups excluding carboxylic acids is 2. The molecular weight excluding hydrogens is 512 g/mol. The van der Waals surface area contributed by atoms with Crippen molar-refractivity contribution in [1.82, 2.24) is 0 Å². The lowest BCUT2D eigenvalue weighted by Gasteiger charge is -2.55. The Bertz CT molecular complexity index is 854. The van der Waals surface area contributed by atoms with Crippen molar-refractivity contribution in [3.63, 3.8) is 0 Å². The summed E-state index contributed by atoms with van der Waals surface area (Å²) in [6.45, 7) is 3.60. The van der Waals surface area contributed by atoms with Crippen molar-refractivity contribution >= 4 is 43.6 Å². The second-order valence-corrected chi connectivity index (χ2v) is 12.2. The Morgan fingerprint density at radius 2 is 1.97 bits per heavy atom. The number of alkyl halides is 2. The number of Topliss-reactive ketones (excluding diaryl/α,β-unsaturated/α-hetero) is 1. The van der Waals surface area contributed by atoms with Crippen LogP contribution >= 0.6 is 31.9 Å². The number of fused-ring (bicyclic) bond motifs is 5. The molecule has 30 heavy (non-hydrogen) atoms. The van der Waals surface area contributed by atoms with Gasteiger partial charge in [-0.3, -0.25) is 9.59 Å². The third-order valence-electron chi connectivity index (χ3n) is 8.30. The van der Waals surface area contributed by atoms with Crippen molar-refractivity contribution in [3.8, 4) is 5.75 Å². The third kappa shape index (κ3) is 3.19. The Balaban J connectivity index is 1.74. The minimum absolute atomic E-state index is 0.0403. The lowest BCUT2D eigenvalue weighted by atomic mass is 9.51. The first-order valence-corrected chi connectivity index (χ1v) is 12.8. The number of rotatable bonds is 5. The van der Waals surface area contributed by atoms with E-state index in [0.717, 1.165) is 44.3 Å². The van der Waals surface area contributed by atoms with Gasteiger partial charge >= 0.3 is 5.97 Å². The van der Waals surface area contributed by atoms with Gasteiger partial charge in [-0.1, -0.05) is 44.8 Å². The Labute approximate surface area is 195 Å². The molecule has 0 aromatic heterocycles. The maximum Gasteiger partial charge on any atom is 0.303 e. The van der Waals surface area contributed by atoms with Crippen LogP contribution in [0.5, 0.6) is 5.75 Å². The first-order chi connectivity index (χ1) is 14.3. The van der Waals surface area contributed by atoms with E-state index in [1.54, 1.807) is 7.11 Å². The number of ether oxygens (including phenoxy) is 2. The summed E-state index contributed by atoms with van der Waals surface area (Å²) in [6, 6.07) is 6.51. The number of benzene rings is 1. The maximum atomic E-state index is 13.5. The zero-order chi connectivity index (χ0) is 21.7. The number of ketones is 1. The smallest absolute Gasteiger partial charge is 0.303 e. The topological polar surface area (TPSA) is 52.6 Å². The van der Waals surface area contributed by atoms with Crippen molar-refractivity contribution in [2.75, 3.05) is 7.11 Å². The standard InChI is InChI=1S/C24H30Br2O4/c1-4-23-11-9-18-17-8-6-16(29-3)13-15(17)5-7-19(18)20(23)10-12-24(23,30-14(2)27)21(28)22(25)26/h6,8,13,18-20,22H,4-5,7,9-12H2,1-3H3/t18-,19-,20+,23+,24-/m1/s1. The first-order valence-electron chi connectivity index (χ1n) is 11.0. The largest absolute Gasteiger partial charge is 0.497 e. The highest BCUT2D eigenvalue weighted by Gasteiger charge is 2.68. The number of esters is 1. The monoisotopic (exact) mass is 540 g/mol. The van der Waals surface area contributed by atoms with Crippen LogP contribution in [0.3, 0.4) is 0 Å². The van der Waals surface area contributed by atoms with E-state index in [4.69, 9.17) is 9.47 Å². The van der Waals surface area contributed by atoms with E-state index in [1.807, 2.05) is 0 Å². The van der Waals surface area contributed by atoms with Crippen molar-refractivity contribution in [3.05, 3.63) is 29.3 Å². The van der Waals surface area contributed by atoms with Crippen molar-refractivity contribution in [2.24, 2.45) is 17.3 Å². The van der Waals surface area contributed by atoms with E-state index >= 15 is 0 Å². The average Bonchev–Trinajstić information content (AvgIpc) is 3.07. The molecule has 0 aliphatic heterocycles. The molecule has 1 aromatic carbocycles. The summed E-state index contributed by atoms with van der Waals surface area (Å²) in [6.07, 6.45) is 6.50. The van der Waals surface area contributed by atoms with Gasteiger partial charge in [0, 0.05) is 12.3 Å². The minimum Gasteiger partial charge on any atom is -0.497 e. The second kappa shape index (κ2) is 8.23. The quantitative estimate of drug-likeness (QED) is 0.342. The summed E-state index contributed by atoms with van der Waals surface area (Å²) in [5, 5.41) is 0. The molecule has 2 saturated carbocycles. The average molecular weight is 542 g/mol. The van der Waals surface area contributed by atoms with Crippen LogP contribution in [0.2, 0.25) is 0 Å². The molecular formula is C24H30Br2O4. The van der Waals surface area contributed by atoms with Crippen molar-refractivity contribution in [2.45, 2.75) is 74.0 Å². The number of hydrogen-bond acceptors (Lipinski definition) is 4. The fraction of sp³-hybridized carbons (Fsp3) is 0.667. The Hall–Kier alpha value is -0.880. The van der Waals surface area contributed by atoms with Crippen LogP contribution < -0.4 is 4.74 Å². The van der Waals surface area contributed by atoms with E-state index in [1.165, 1.54) is 18.1 Å². The predicted octanol–water partition coefficient (Wildman–Crippen LogP) is 5.93. The van der Waals surface area contributed by atoms with Gasteiger partial charge in [0.25, 0.3) is 0 Å². The molecule has 0 radical (unpaired) electrons. The molecule has 5 atom stereocenters. The highest BCUT2D eigenvalue weighted by molar-refractivity contribution is 9.25. The number of hydrogen-bond donors (Lipinski definition) is 0. The second-order valence-electron chi connectivity index (χ2n) is 9.15. The van der Waals surface area contributed by atoms with E-state index in [2.05, 4.69) is 57.0 Å². The molecule has 0 amide bonds. The molecule has 6 heteroatoms. The summed E-state index contributed by atoms with van der Waals surface area (Å²) in [5.41, 5.74) is 1.52. The zero-order valence-corrected chi connectivity index (χ0v) is 21.1. The molecule has 2 fully saturated rings. The number of aryl methyl sites for hydroxylation is 1. The number of methoxy groups -OCH3 is 1. The predicted molar refractivity (Wildman–Crippen MR) is 123 cm³/mol. The minimum atomic E-state index is -1.04. The van der Waals surface area contributed by atoms with Crippen LogP contribution in [0.15, 0.2) is 18.2 Å².